The van der Waals surface area contributed by atoms with Crippen LogP contribution >= 0.6 is 0 Å². The Hall–Kier alpha value is -2.29. The Morgan fingerprint density at radius 3 is 2.58 bits per heavy atom. The van der Waals surface area contributed by atoms with Crippen LogP contribution in [0.4, 0.5) is 11.4 Å². The molecule has 0 aliphatic heterocycles. The number of hydrogen-bond acceptors (Lipinski definition) is 6. The van der Waals surface area contributed by atoms with Crippen LogP contribution in [0.5, 0.6) is 0 Å². The molecule has 0 bridgehead atoms. The molecule has 7 nitrogen and oxygen atoms in total. The summed E-state index contributed by atoms with van der Waals surface area (Å²) in [5.41, 5.74) is 2.48. The second-order valence-corrected chi connectivity index (χ2v) is 5.41. The molecule has 0 amide bonds. The Balaban J connectivity index is 2.09. The van der Waals surface area contributed by atoms with Gasteiger partial charge in [0.05, 0.1) is 28.7 Å². The number of benzene rings is 2. The largest absolute Gasteiger partial charge is 0.595 e. The summed E-state index contributed by atoms with van der Waals surface area (Å²) in [6, 6.07) is 12.8. The number of anilines is 1. The number of nitrogens with one attached hydrogen (secondary N) is 3. The smallest absolute Gasteiger partial charge is 0.175 e. The second-order valence-electron chi connectivity index (χ2n) is 5.41. The highest BCUT2D eigenvalue weighted by Gasteiger charge is 2.15. The normalized spacial score (nSPS) is 12.6. The van der Waals surface area contributed by atoms with Gasteiger partial charge in [-0.25, -0.2) is 10.2 Å². The van der Waals surface area contributed by atoms with E-state index in [0.29, 0.717) is 30.5 Å². The lowest BCUT2D eigenvalue weighted by Gasteiger charge is -2.18. The van der Waals surface area contributed by atoms with Gasteiger partial charge in [-0.2, -0.15) is 5.23 Å². The van der Waals surface area contributed by atoms with E-state index in [4.69, 9.17) is 5.11 Å². The van der Waals surface area contributed by atoms with Gasteiger partial charge in [-0.15, -0.1) is 0 Å². The summed E-state index contributed by atoms with van der Waals surface area (Å²) >= 11 is 0. The van der Waals surface area contributed by atoms with E-state index in [9.17, 15) is 10.4 Å². The topological polar surface area (TPSA) is 105 Å². The summed E-state index contributed by atoms with van der Waals surface area (Å²) in [6.07, 6.45) is 0. The number of aliphatic hydroxyl groups is 1. The first-order valence-corrected chi connectivity index (χ1v) is 7.82. The van der Waals surface area contributed by atoms with E-state index in [0.717, 1.165) is 16.6 Å². The summed E-state index contributed by atoms with van der Waals surface area (Å²) in [5, 5.41) is 36.9. The molecule has 1 atom stereocenters. The molecule has 1 heterocycles. The van der Waals surface area contributed by atoms with Crippen molar-refractivity contribution >= 4 is 33.2 Å². The standard InChI is InChI=1S/C17H20N4O3/c22-11-10-18-8-9-19-17-12-4-1-2-5-13(12)20-14-6-3-7-15(16(14)17)21(23)24/h1-7,18,21-23H,8-11H2,(H,19,20). The van der Waals surface area contributed by atoms with Gasteiger partial charge in [0.1, 0.15) is 0 Å². The summed E-state index contributed by atoms with van der Waals surface area (Å²) < 4.78 is 0. The number of pyridine rings is 1. The van der Waals surface area contributed by atoms with Crippen molar-refractivity contribution in [2.24, 2.45) is 0 Å². The molecule has 5 N–H and O–H groups in total. The molecular weight excluding hydrogens is 308 g/mol. The number of aromatic nitrogens is 1. The van der Waals surface area contributed by atoms with Crippen LogP contribution in [0.25, 0.3) is 21.8 Å². The number of aliphatic hydroxyl groups excluding tert-OH is 1. The minimum absolute atomic E-state index is 0.0876. The van der Waals surface area contributed by atoms with Crippen LogP contribution in [-0.2, 0) is 0 Å². The van der Waals surface area contributed by atoms with Crippen molar-refractivity contribution in [3.05, 3.63) is 47.7 Å². The first-order valence-electron chi connectivity index (χ1n) is 7.82. The van der Waals surface area contributed by atoms with Crippen LogP contribution in [0.3, 0.4) is 0 Å². The molecule has 7 heteroatoms. The van der Waals surface area contributed by atoms with Gasteiger partial charge in [-0.1, -0.05) is 24.3 Å². The van der Waals surface area contributed by atoms with Crippen LogP contribution in [0, 0.1) is 5.21 Å². The van der Waals surface area contributed by atoms with Gasteiger partial charge in [0.25, 0.3) is 0 Å². The van der Waals surface area contributed by atoms with E-state index >= 15 is 0 Å². The Bertz CT molecular complexity index is 839. The zero-order chi connectivity index (χ0) is 16.9. The monoisotopic (exact) mass is 328 g/mol. The van der Waals surface area contributed by atoms with Crippen molar-refractivity contribution < 1.29 is 15.5 Å². The number of hydrogen-bond donors (Lipinski definition) is 5. The molecule has 3 rings (SSSR count). The maximum atomic E-state index is 11.6. The molecule has 0 aliphatic rings. The van der Waals surface area contributed by atoms with E-state index in [1.165, 1.54) is 0 Å². The van der Waals surface area contributed by atoms with Gasteiger partial charge in [0.15, 0.2) is 5.69 Å². The van der Waals surface area contributed by atoms with Crippen LogP contribution in [0.1, 0.15) is 0 Å². The fourth-order valence-corrected chi connectivity index (χ4v) is 2.78. The molecule has 0 fully saturated rings. The van der Waals surface area contributed by atoms with E-state index in [2.05, 4.69) is 15.6 Å². The quantitative estimate of drug-likeness (QED) is 0.249. The summed E-state index contributed by atoms with van der Waals surface area (Å²) in [4.78, 5) is 4.59. The minimum Gasteiger partial charge on any atom is -0.595 e. The molecular formula is C17H20N4O3. The van der Waals surface area contributed by atoms with Crippen molar-refractivity contribution in [2.75, 3.05) is 31.6 Å². The van der Waals surface area contributed by atoms with E-state index < -0.39 is 5.23 Å². The van der Waals surface area contributed by atoms with Gasteiger partial charge in [0, 0.05) is 31.1 Å². The Morgan fingerprint density at radius 1 is 1.00 bits per heavy atom. The molecule has 0 radical (unpaired) electrons. The van der Waals surface area contributed by atoms with Gasteiger partial charge < -0.3 is 20.9 Å². The van der Waals surface area contributed by atoms with Crippen molar-refractivity contribution in [3.8, 4) is 0 Å². The fraction of sp³-hybridized carbons (Fsp3) is 0.235. The summed E-state index contributed by atoms with van der Waals surface area (Å²) in [5.74, 6) is 0. The lowest BCUT2D eigenvalue weighted by molar-refractivity contribution is -0.990. The molecule has 1 unspecified atom stereocenters. The number of para-hydroxylation sites is 1. The first-order chi connectivity index (χ1) is 11.7. The molecule has 0 saturated carbocycles. The molecule has 2 aromatic carbocycles. The van der Waals surface area contributed by atoms with Gasteiger partial charge in [-0.3, -0.25) is 0 Å². The van der Waals surface area contributed by atoms with Crippen LogP contribution < -0.4 is 15.9 Å². The van der Waals surface area contributed by atoms with Gasteiger partial charge >= 0.3 is 0 Å². The van der Waals surface area contributed by atoms with Gasteiger partial charge in [0.2, 0.25) is 0 Å². The molecule has 24 heavy (non-hydrogen) atoms. The lowest BCUT2D eigenvalue weighted by atomic mass is 10.1. The SMILES string of the molecule is [O-][NH+](O)c1cccc2nc3ccccc3c(NCCNCCO)c12. The highest BCUT2D eigenvalue weighted by molar-refractivity contribution is 6.11. The zero-order valence-corrected chi connectivity index (χ0v) is 13.1. The third kappa shape index (κ3) is 3.30. The number of nitrogens with zero attached hydrogens (tertiary/aromatic N) is 1. The summed E-state index contributed by atoms with van der Waals surface area (Å²) in [6.45, 7) is 1.88. The molecule has 0 spiro atoms. The van der Waals surface area contributed by atoms with Crippen molar-refractivity contribution in [3.63, 3.8) is 0 Å². The number of fused-ring (bicyclic) bond motifs is 2. The van der Waals surface area contributed by atoms with Crippen molar-refractivity contribution in [1.82, 2.24) is 10.3 Å². The molecule has 126 valence electrons. The highest BCUT2D eigenvalue weighted by atomic mass is 16.8. The molecule has 0 saturated heterocycles. The van der Waals surface area contributed by atoms with E-state index in [-0.39, 0.29) is 12.3 Å². The minimum atomic E-state index is -0.973. The maximum absolute atomic E-state index is 11.6. The number of quaternary nitrogens is 1. The van der Waals surface area contributed by atoms with Crippen LogP contribution in [0.2, 0.25) is 0 Å². The zero-order valence-electron chi connectivity index (χ0n) is 13.1. The van der Waals surface area contributed by atoms with Crippen molar-refractivity contribution in [2.45, 2.75) is 0 Å². The Labute approximate surface area is 139 Å². The van der Waals surface area contributed by atoms with E-state index in [1.54, 1.807) is 12.1 Å². The summed E-state index contributed by atoms with van der Waals surface area (Å²) in [7, 11) is 0. The molecule has 1 aromatic heterocycles. The fourth-order valence-electron chi connectivity index (χ4n) is 2.78. The van der Waals surface area contributed by atoms with Crippen LogP contribution in [0.15, 0.2) is 42.5 Å². The number of rotatable bonds is 7. The maximum Gasteiger partial charge on any atom is 0.175 e. The third-order valence-corrected chi connectivity index (χ3v) is 3.83. The lowest BCUT2D eigenvalue weighted by Crippen LogP contribution is -2.99. The Morgan fingerprint density at radius 2 is 1.79 bits per heavy atom. The average molecular weight is 328 g/mol. The van der Waals surface area contributed by atoms with Crippen LogP contribution in [-0.4, -0.2) is 41.5 Å². The average Bonchev–Trinajstić information content (AvgIpc) is 2.60. The van der Waals surface area contributed by atoms with Crippen molar-refractivity contribution in [1.29, 1.82) is 0 Å². The Kier molecular flexibility index (Phi) is 5.19. The molecule has 0 aliphatic carbocycles. The van der Waals surface area contributed by atoms with E-state index in [1.807, 2.05) is 30.3 Å². The first kappa shape index (κ1) is 16.6. The third-order valence-electron chi connectivity index (χ3n) is 3.83. The predicted molar refractivity (Wildman–Crippen MR) is 93.5 cm³/mol. The van der Waals surface area contributed by atoms with Gasteiger partial charge in [-0.05, 0) is 12.1 Å². The predicted octanol–water partition coefficient (Wildman–Crippen LogP) is 0.785. The molecule has 3 aromatic rings. The highest BCUT2D eigenvalue weighted by Crippen LogP contribution is 2.33. The second kappa shape index (κ2) is 7.52.